The van der Waals surface area contributed by atoms with E-state index in [0.29, 0.717) is 45.5 Å². The lowest BCUT2D eigenvalue weighted by atomic mass is 9.94. The highest BCUT2D eigenvalue weighted by Crippen LogP contribution is 2.36. The summed E-state index contributed by atoms with van der Waals surface area (Å²) in [5.41, 5.74) is 2.67. The minimum Gasteiger partial charge on any atom is -0.384 e. The molecule has 2 aromatic carbocycles. The van der Waals surface area contributed by atoms with Gasteiger partial charge in [-0.15, -0.1) is 6.58 Å². The van der Waals surface area contributed by atoms with E-state index in [1.807, 2.05) is 18.2 Å². The SMILES string of the molecule is C=CCn1c(=O)c2cnc(Nc3ccc(N4CCN(CC5CCN(c6cccc7c6C(=O)N(C6CCC(=O)NC6=O)C7=O)CC5)CC4)cc3)nc2n1-c1cccc(C(C)(C)O)n1. The molecule has 62 heavy (non-hydrogen) atoms. The van der Waals surface area contributed by atoms with Gasteiger partial charge >= 0.3 is 0 Å². The number of nitrogens with zero attached hydrogens (tertiary/aromatic N) is 9. The fraction of sp³-hybridized carbons (Fsp3) is 0.378. The number of carbonyl (C=O) groups is 4. The maximum atomic E-state index is 13.7. The summed E-state index contributed by atoms with van der Waals surface area (Å²) in [6, 6.07) is 17.8. The number of fused-ring (bicyclic) bond motifs is 2. The summed E-state index contributed by atoms with van der Waals surface area (Å²) in [6.45, 7) is 13.5. The predicted octanol–water partition coefficient (Wildman–Crippen LogP) is 3.57. The standard InChI is InChI=1S/C45H49N11O6/c1-4-19-54-41(59)32-26-46-44(50-39(32)56(54)36-10-6-9-35(48-36)45(2,3)62)47-29-11-13-30(14-12-29)52-24-22-51(23-25-52)27-28-17-20-53(21-18-28)33-8-5-7-31-38(33)43(61)55(42(31)60)34-15-16-37(57)49-40(34)58/h4-14,26,28,34,62H,1,15-25,27H2,2-3H3,(H,46,47,50)(H,49,57,58). The molecule has 9 rings (SSSR count). The van der Waals surface area contributed by atoms with E-state index >= 15 is 0 Å². The Kier molecular flexibility index (Phi) is 10.7. The number of carbonyl (C=O) groups excluding carboxylic acids is 4. The van der Waals surface area contributed by atoms with Crippen molar-refractivity contribution in [3.63, 3.8) is 0 Å². The molecule has 3 fully saturated rings. The summed E-state index contributed by atoms with van der Waals surface area (Å²) < 4.78 is 3.13. The van der Waals surface area contributed by atoms with Crippen molar-refractivity contribution in [2.24, 2.45) is 5.92 Å². The van der Waals surface area contributed by atoms with Crippen LogP contribution in [0.5, 0.6) is 0 Å². The minimum atomic E-state index is -1.18. The van der Waals surface area contributed by atoms with Gasteiger partial charge in [0.05, 0.1) is 29.1 Å². The first-order valence-electron chi connectivity index (χ1n) is 21.1. The molecule has 0 bridgehead atoms. The van der Waals surface area contributed by atoms with E-state index in [1.54, 1.807) is 54.9 Å². The van der Waals surface area contributed by atoms with Crippen molar-refractivity contribution in [2.45, 2.75) is 57.7 Å². The van der Waals surface area contributed by atoms with Gasteiger partial charge in [-0.25, -0.2) is 19.3 Å². The third kappa shape index (κ3) is 7.62. The normalized spacial score (nSPS) is 19.0. The van der Waals surface area contributed by atoms with E-state index in [0.717, 1.165) is 80.6 Å². The zero-order chi connectivity index (χ0) is 43.3. The zero-order valence-electron chi connectivity index (χ0n) is 34.8. The van der Waals surface area contributed by atoms with Crippen LogP contribution in [0.25, 0.3) is 16.9 Å². The zero-order valence-corrected chi connectivity index (χ0v) is 34.8. The Bertz CT molecular complexity index is 2650. The van der Waals surface area contributed by atoms with Crippen LogP contribution >= 0.6 is 0 Å². The molecule has 320 valence electrons. The van der Waals surface area contributed by atoms with Crippen LogP contribution in [0.15, 0.2) is 84.3 Å². The van der Waals surface area contributed by atoms with E-state index in [4.69, 9.17) is 4.98 Å². The molecule has 3 saturated heterocycles. The Morgan fingerprint density at radius 2 is 1.61 bits per heavy atom. The molecule has 3 aromatic heterocycles. The van der Waals surface area contributed by atoms with E-state index in [9.17, 15) is 29.1 Å². The van der Waals surface area contributed by atoms with Crippen molar-refractivity contribution in [1.29, 1.82) is 0 Å². The number of hydrogen-bond acceptors (Lipinski definition) is 13. The van der Waals surface area contributed by atoms with Crippen LogP contribution in [-0.4, -0.2) is 115 Å². The second-order valence-corrected chi connectivity index (χ2v) is 16.9. The predicted molar refractivity (Wildman–Crippen MR) is 233 cm³/mol. The molecular weight excluding hydrogens is 791 g/mol. The first-order chi connectivity index (χ1) is 29.9. The second kappa shape index (κ2) is 16.3. The van der Waals surface area contributed by atoms with Gasteiger partial charge < -0.3 is 20.2 Å². The highest BCUT2D eigenvalue weighted by atomic mass is 16.3. The number of nitrogens with one attached hydrogen (secondary N) is 2. The van der Waals surface area contributed by atoms with Gasteiger partial charge in [-0.05, 0) is 87.6 Å². The Morgan fingerprint density at radius 3 is 2.32 bits per heavy atom. The molecule has 0 saturated carbocycles. The topological polar surface area (TPSA) is 191 Å². The molecule has 0 radical (unpaired) electrons. The summed E-state index contributed by atoms with van der Waals surface area (Å²) >= 11 is 0. The van der Waals surface area contributed by atoms with Crippen LogP contribution < -0.4 is 26.0 Å². The Balaban J connectivity index is 0.797. The summed E-state index contributed by atoms with van der Waals surface area (Å²) in [4.78, 5) is 86.7. The fourth-order valence-electron chi connectivity index (χ4n) is 9.05. The number of aromatic nitrogens is 5. The quantitative estimate of drug-likeness (QED) is 0.129. The van der Waals surface area contributed by atoms with Crippen LogP contribution in [0.4, 0.5) is 23.0 Å². The molecule has 7 heterocycles. The van der Waals surface area contributed by atoms with Gasteiger partial charge in [0.15, 0.2) is 11.5 Å². The average Bonchev–Trinajstić information content (AvgIpc) is 3.69. The maximum Gasteiger partial charge on any atom is 0.278 e. The minimum absolute atomic E-state index is 0.0857. The molecular formula is C45H49N11O6. The van der Waals surface area contributed by atoms with E-state index < -0.39 is 35.3 Å². The van der Waals surface area contributed by atoms with E-state index in [2.05, 4.69) is 54.0 Å². The Hall–Kier alpha value is -6.72. The third-order valence-electron chi connectivity index (χ3n) is 12.3. The van der Waals surface area contributed by atoms with Gasteiger partial charge in [-0.3, -0.25) is 39.1 Å². The summed E-state index contributed by atoms with van der Waals surface area (Å²) in [6.07, 6.45) is 5.28. The monoisotopic (exact) mass is 839 g/mol. The van der Waals surface area contributed by atoms with Crippen LogP contribution in [-0.2, 0) is 21.7 Å². The lowest BCUT2D eigenvalue weighted by Gasteiger charge is -2.40. The highest BCUT2D eigenvalue weighted by molar-refractivity contribution is 6.25. The number of allylic oxidation sites excluding steroid dienone is 1. The van der Waals surface area contributed by atoms with Crippen LogP contribution in [0, 0.1) is 5.92 Å². The van der Waals surface area contributed by atoms with Crippen molar-refractivity contribution in [3.8, 4) is 5.82 Å². The molecule has 5 aromatic rings. The number of benzene rings is 2. The van der Waals surface area contributed by atoms with E-state index in [1.165, 1.54) is 10.9 Å². The third-order valence-corrected chi connectivity index (χ3v) is 12.3. The molecule has 17 heteroatoms. The van der Waals surface area contributed by atoms with Gasteiger partial charge in [0.1, 0.15) is 17.0 Å². The Labute approximate surface area is 357 Å². The van der Waals surface area contributed by atoms with Crippen molar-refractivity contribution >= 4 is 57.7 Å². The number of amides is 4. The molecule has 0 spiro atoms. The Morgan fingerprint density at radius 1 is 0.871 bits per heavy atom. The van der Waals surface area contributed by atoms with Crippen LogP contribution in [0.3, 0.4) is 0 Å². The number of hydrogen-bond donors (Lipinski definition) is 3. The number of imide groups is 2. The number of pyridine rings is 1. The van der Waals surface area contributed by atoms with Gasteiger partial charge in [-0.1, -0.05) is 18.2 Å². The van der Waals surface area contributed by atoms with Crippen molar-refractivity contribution < 1.29 is 24.3 Å². The van der Waals surface area contributed by atoms with Gasteiger partial charge in [-0.2, -0.15) is 4.98 Å². The lowest BCUT2D eigenvalue weighted by molar-refractivity contribution is -0.136. The second-order valence-electron chi connectivity index (χ2n) is 16.9. The maximum absolute atomic E-state index is 13.7. The van der Waals surface area contributed by atoms with Crippen molar-refractivity contribution in [3.05, 3.63) is 107 Å². The summed E-state index contributed by atoms with van der Waals surface area (Å²) in [7, 11) is 0. The lowest BCUT2D eigenvalue weighted by Crippen LogP contribution is -2.54. The first-order valence-corrected chi connectivity index (χ1v) is 21.1. The molecule has 4 aliphatic heterocycles. The molecule has 1 unspecified atom stereocenters. The van der Waals surface area contributed by atoms with E-state index in [-0.39, 0.29) is 24.9 Å². The molecule has 1 atom stereocenters. The van der Waals surface area contributed by atoms with Gasteiger partial charge in [0.2, 0.25) is 17.8 Å². The van der Waals surface area contributed by atoms with Gasteiger partial charge in [0, 0.05) is 69.8 Å². The molecule has 0 aliphatic carbocycles. The molecule has 3 N–H and O–H groups in total. The largest absolute Gasteiger partial charge is 0.384 e. The summed E-state index contributed by atoms with van der Waals surface area (Å²) in [5, 5.41) is 16.5. The number of piperidine rings is 2. The van der Waals surface area contributed by atoms with Gasteiger partial charge in [0.25, 0.3) is 17.4 Å². The van der Waals surface area contributed by atoms with Crippen molar-refractivity contribution in [1.82, 2.24) is 39.4 Å². The average molecular weight is 840 g/mol. The highest BCUT2D eigenvalue weighted by Gasteiger charge is 2.46. The molecule has 4 aliphatic rings. The van der Waals surface area contributed by atoms with Crippen LogP contribution in [0.2, 0.25) is 0 Å². The number of rotatable bonds is 11. The fourth-order valence-corrected chi connectivity index (χ4v) is 9.05. The van der Waals surface area contributed by atoms with Crippen molar-refractivity contribution in [2.75, 3.05) is 60.9 Å². The number of aliphatic hydroxyl groups is 1. The number of anilines is 4. The summed E-state index contributed by atoms with van der Waals surface area (Å²) in [5.74, 6) is -0.700. The smallest absolute Gasteiger partial charge is 0.278 e. The molecule has 4 amide bonds. The molecule has 17 nitrogen and oxygen atoms in total. The first kappa shape index (κ1) is 40.7. The number of piperazine rings is 1. The van der Waals surface area contributed by atoms with Crippen LogP contribution in [0.1, 0.15) is 65.9 Å².